The second-order valence-corrected chi connectivity index (χ2v) is 5.10. The lowest BCUT2D eigenvalue weighted by molar-refractivity contribution is 0.271. The molecule has 1 N–H and O–H groups in total. The van der Waals surface area contributed by atoms with Crippen LogP contribution < -0.4 is 10.1 Å². The summed E-state index contributed by atoms with van der Waals surface area (Å²) in [4.78, 5) is 0. The van der Waals surface area contributed by atoms with Crippen LogP contribution in [0.2, 0.25) is 0 Å². The summed E-state index contributed by atoms with van der Waals surface area (Å²) in [5.74, 6) is 1.98. The number of benzene rings is 1. The second kappa shape index (κ2) is 5.74. The summed E-state index contributed by atoms with van der Waals surface area (Å²) >= 11 is 0. The molecule has 1 aromatic carbocycles. The lowest BCUT2D eigenvalue weighted by Gasteiger charge is -2.10. The van der Waals surface area contributed by atoms with Crippen molar-refractivity contribution in [2.75, 3.05) is 11.9 Å². The van der Waals surface area contributed by atoms with Crippen LogP contribution in [0.25, 0.3) is 5.65 Å². The fourth-order valence-corrected chi connectivity index (χ4v) is 1.79. The molecular weight excluding hydrogens is 268 g/mol. The quantitative estimate of drug-likeness (QED) is 0.774. The van der Waals surface area contributed by atoms with Gasteiger partial charge in [0.2, 0.25) is 0 Å². The van der Waals surface area contributed by atoms with E-state index < -0.39 is 0 Å². The maximum absolute atomic E-state index is 5.71. The van der Waals surface area contributed by atoms with Gasteiger partial charge < -0.3 is 10.1 Å². The fourth-order valence-electron chi connectivity index (χ4n) is 1.79. The molecule has 7 heteroatoms. The molecule has 108 valence electrons. The lowest BCUT2D eigenvalue weighted by atomic mass is 10.2. The Morgan fingerprint density at radius 3 is 3.00 bits per heavy atom. The maximum atomic E-state index is 5.71. The fraction of sp³-hybridized carbons (Fsp3) is 0.286. The SMILES string of the molecule is CC(C)COc1cccc(Nc2ccc3nnnn3n2)c1. The first-order chi connectivity index (χ1) is 10.2. The minimum absolute atomic E-state index is 0.491. The minimum Gasteiger partial charge on any atom is -0.493 e. The normalized spacial score (nSPS) is 11.0. The smallest absolute Gasteiger partial charge is 0.200 e. The zero-order valence-electron chi connectivity index (χ0n) is 11.9. The number of hydrogen-bond acceptors (Lipinski definition) is 6. The van der Waals surface area contributed by atoms with Crippen LogP contribution in [0.4, 0.5) is 11.5 Å². The average molecular weight is 284 g/mol. The number of hydrogen-bond donors (Lipinski definition) is 1. The van der Waals surface area contributed by atoms with Gasteiger partial charge in [-0.1, -0.05) is 19.9 Å². The third-order valence-corrected chi connectivity index (χ3v) is 2.76. The second-order valence-electron chi connectivity index (χ2n) is 5.10. The van der Waals surface area contributed by atoms with E-state index >= 15 is 0 Å². The molecule has 0 atom stereocenters. The standard InChI is InChI=1S/C14H16N6O/c1-10(2)9-21-12-5-3-4-11(8-12)15-13-6-7-14-16-18-19-20(14)17-13/h3-8,10H,9H2,1-2H3,(H,15,17). The Kier molecular flexibility index (Phi) is 3.63. The van der Waals surface area contributed by atoms with Crippen molar-refractivity contribution in [3.8, 4) is 5.75 Å². The Labute approximate surface area is 121 Å². The van der Waals surface area contributed by atoms with E-state index in [1.54, 1.807) is 6.07 Å². The summed E-state index contributed by atoms with van der Waals surface area (Å²) in [6.45, 7) is 4.93. The van der Waals surface area contributed by atoms with E-state index in [9.17, 15) is 0 Å². The molecule has 0 saturated heterocycles. The van der Waals surface area contributed by atoms with Gasteiger partial charge in [0, 0.05) is 11.8 Å². The molecule has 0 saturated carbocycles. The molecule has 0 unspecified atom stereocenters. The zero-order valence-corrected chi connectivity index (χ0v) is 11.9. The van der Waals surface area contributed by atoms with Gasteiger partial charge in [-0.15, -0.1) is 14.8 Å². The number of rotatable bonds is 5. The van der Waals surface area contributed by atoms with E-state index in [1.165, 1.54) is 4.63 Å². The third kappa shape index (κ3) is 3.25. The summed E-state index contributed by atoms with van der Waals surface area (Å²) in [7, 11) is 0. The predicted octanol–water partition coefficient (Wildman–Crippen LogP) is 2.30. The van der Waals surface area contributed by atoms with Crippen LogP contribution in [-0.4, -0.2) is 31.9 Å². The molecule has 0 radical (unpaired) electrons. The molecule has 0 aliphatic heterocycles. The number of tetrazole rings is 1. The number of ether oxygens (including phenoxy) is 1. The van der Waals surface area contributed by atoms with Crippen LogP contribution in [0.5, 0.6) is 5.75 Å². The molecule has 21 heavy (non-hydrogen) atoms. The van der Waals surface area contributed by atoms with Gasteiger partial charge >= 0.3 is 0 Å². The van der Waals surface area contributed by atoms with Crippen molar-refractivity contribution < 1.29 is 4.74 Å². The maximum Gasteiger partial charge on any atom is 0.200 e. The van der Waals surface area contributed by atoms with Gasteiger partial charge in [-0.25, -0.2) is 0 Å². The van der Waals surface area contributed by atoms with Gasteiger partial charge in [0.25, 0.3) is 0 Å². The van der Waals surface area contributed by atoms with Crippen molar-refractivity contribution in [2.24, 2.45) is 5.92 Å². The molecule has 3 aromatic rings. The first-order valence-corrected chi connectivity index (χ1v) is 6.76. The molecule has 0 aliphatic carbocycles. The minimum atomic E-state index is 0.491. The van der Waals surface area contributed by atoms with E-state index in [0.717, 1.165) is 11.4 Å². The van der Waals surface area contributed by atoms with Gasteiger partial charge in [0.15, 0.2) is 11.5 Å². The highest BCUT2D eigenvalue weighted by Gasteiger charge is 2.03. The molecule has 7 nitrogen and oxygen atoms in total. The molecule has 0 fully saturated rings. The van der Waals surface area contributed by atoms with Crippen LogP contribution in [0.1, 0.15) is 13.8 Å². The molecular formula is C14H16N6O. The van der Waals surface area contributed by atoms with Gasteiger partial charge in [-0.2, -0.15) is 0 Å². The topological polar surface area (TPSA) is 77.2 Å². The Morgan fingerprint density at radius 2 is 2.14 bits per heavy atom. The zero-order chi connectivity index (χ0) is 14.7. The highest BCUT2D eigenvalue weighted by molar-refractivity contribution is 5.58. The Bertz CT molecular complexity index is 739. The number of aromatic nitrogens is 5. The summed E-state index contributed by atoms with van der Waals surface area (Å²) in [6.07, 6.45) is 0. The molecule has 0 amide bonds. The third-order valence-electron chi connectivity index (χ3n) is 2.76. The average Bonchev–Trinajstić information content (AvgIpc) is 2.93. The van der Waals surface area contributed by atoms with Crippen molar-refractivity contribution in [3.05, 3.63) is 36.4 Å². The molecule has 3 rings (SSSR count). The molecule has 0 spiro atoms. The van der Waals surface area contributed by atoms with E-state index in [2.05, 4.69) is 39.8 Å². The summed E-state index contributed by atoms with van der Waals surface area (Å²) in [6, 6.07) is 11.4. The van der Waals surface area contributed by atoms with Crippen LogP contribution in [-0.2, 0) is 0 Å². The van der Waals surface area contributed by atoms with E-state index in [4.69, 9.17) is 4.74 Å². The Hall–Kier alpha value is -2.70. The summed E-state index contributed by atoms with van der Waals surface area (Å²) in [5.41, 5.74) is 1.51. The van der Waals surface area contributed by atoms with E-state index in [0.29, 0.717) is 24.0 Å². The predicted molar refractivity (Wildman–Crippen MR) is 78.6 cm³/mol. The van der Waals surface area contributed by atoms with Gasteiger partial charge in [0.1, 0.15) is 5.75 Å². The first-order valence-electron chi connectivity index (χ1n) is 6.76. The molecule has 0 bridgehead atoms. The first kappa shape index (κ1) is 13.3. The van der Waals surface area contributed by atoms with Crippen molar-refractivity contribution in [3.63, 3.8) is 0 Å². The van der Waals surface area contributed by atoms with Crippen LogP contribution in [0.3, 0.4) is 0 Å². The van der Waals surface area contributed by atoms with Crippen LogP contribution in [0, 0.1) is 5.92 Å². The molecule has 2 aromatic heterocycles. The van der Waals surface area contributed by atoms with Gasteiger partial charge in [-0.3, -0.25) is 0 Å². The largest absolute Gasteiger partial charge is 0.493 e. The number of fused-ring (bicyclic) bond motifs is 1. The highest BCUT2D eigenvalue weighted by atomic mass is 16.5. The van der Waals surface area contributed by atoms with E-state index in [1.807, 2.05) is 30.3 Å². The summed E-state index contributed by atoms with van der Waals surface area (Å²) < 4.78 is 7.08. The summed E-state index contributed by atoms with van der Waals surface area (Å²) in [5, 5.41) is 18.6. The Morgan fingerprint density at radius 1 is 1.24 bits per heavy atom. The monoisotopic (exact) mass is 284 g/mol. The lowest BCUT2D eigenvalue weighted by Crippen LogP contribution is -2.05. The highest BCUT2D eigenvalue weighted by Crippen LogP contribution is 2.20. The van der Waals surface area contributed by atoms with E-state index in [-0.39, 0.29) is 0 Å². The van der Waals surface area contributed by atoms with Crippen LogP contribution >= 0.6 is 0 Å². The number of anilines is 2. The van der Waals surface area contributed by atoms with Crippen molar-refractivity contribution >= 4 is 17.2 Å². The molecule has 2 heterocycles. The van der Waals surface area contributed by atoms with Gasteiger partial charge in [-0.05, 0) is 40.6 Å². The number of nitrogens with one attached hydrogen (secondary N) is 1. The van der Waals surface area contributed by atoms with Crippen LogP contribution in [0.15, 0.2) is 36.4 Å². The molecule has 0 aliphatic rings. The number of nitrogens with zero attached hydrogens (tertiary/aromatic N) is 5. The Balaban J connectivity index is 1.75. The van der Waals surface area contributed by atoms with Crippen molar-refractivity contribution in [1.29, 1.82) is 0 Å². The van der Waals surface area contributed by atoms with Gasteiger partial charge in [0.05, 0.1) is 6.61 Å². The van der Waals surface area contributed by atoms with Crippen molar-refractivity contribution in [2.45, 2.75) is 13.8 Å². The van der Waals surface area contributed by atoms with Crippen molar-refractivity contribution in [1.82, 2.24) is 25.3 Å².